The Morgan fingerprint density at radius 2 is 2.15 bits per heavy atom. The summed E-state index contributed by atoms with van der Waals surface area (Å²) in [6.07, 6.45) is 9.94. The van der Waals surface area contributed by atoms with E-state index in [0.29, 0.717) is 6.04 Å². The van der Waals surface area contributed by atoms with Crippen LogP contribution in [0.25, 0.3) is 0 Å². The van der Waals surface area contributed by atoms with Crippen LogP contribution >= 0.6 is 27.5 Å². The summed E-state index contributed by atoms with van der Waals surface area (Å²) in [5.74, 6) is 0. The number of hydrogen-bond donors (Lipinski definition) is 1. The Morgan fingerprint density at radius 1 is 1.30 bits per heavy atom. The second-order valence-corrected chi connectivity index (χ2v) is 6.72. The van der Waals surface area contributed by atoms with Crippen LogP contribution in [0.4, 0.5) is 0 Å². The standard InChI is InChI=1S/C17H23BrClN/c1-2-11-20-17(13-7-5-3-4-6-8-13)15-12-14(19)9-10-16(15)18/h7,9-10,12,17,20H,2-6,8,11H2,1H3. The molecule has 1 aromatic rings. The van der Waals surface area contributed by atoms with Gasteiger partial charge in [-0.2, -0.15) is 0 Å². The minimum absolute atomic E-state index is 0.293. The van der Waals surface area contributed by atoms with Crippen molar-refractivity contribution in [3.05, 3.63) is 44.9 Å². The van der Waals surface area contributed by atoms with E-state index < -0.39 is 0 Å². The Balaban J connectivity index is 2.30. The van der Waals surface area contributed by atoms with Crippen LogP contribution in [0.3, 0.4) is 0 Å². The van der Waals surface area contributed by atoms with Gasteiger partial charge in [-0.05, 0) is 62.4 Å². The van der Waals surface area contributed by atoms with E-state index >= 15 is 0 Å². The fourth-order valence-corrected chi connectivity index (χ4v) is 3.42. The van der Waals surface area contributed by atoms with E-state index in [2.05, 4.69) is 46.4 Å². The first-order chi connectivity index (χ1) is 9.72. The Bertz CT molecular complexity index is 470. The quantitative estimate of drug-likeness (QED) is 0.635. The van der Waals surface area contributed by atoms with Gasteiger partial charge in [0.15, 0.2) is 0 Å². The second kappa shape index (κ2) is 8.21. The van der Waals surface area contributed by atoms with E-state index in [9.17, 15) is 0 Å². The summed E-state index contributed by atoms with van der Waals surface area (Å²) in [7, 11) is 0. The third-order valence-corrected chi connectivity index (χ3v) is 4.77. The largest absolute Gasteiger partial charge is 0.306 e. The lowest BCUT2D eigenvalue weighted by Crippen LogP contribution is -2.24. The lowest BCUT2D eigenvalue weighted by Gasteiger charge is -2.23. The molecular formula is C17H23BrClN. The Labute approximate surface area is 135 Å². The van der Waals surface area contributed by atoms with Crippen molar-refractivity contribution in [2.24, 2.45) is 0 Å². The molecule has 0 saturated heterocycles. The highest BCUT2D eigenvalue weighted by Crippen LogP contribution is 2.34. The molecule has 1 nitrogen and oxygen atoms in total. The molecule has 1 atom stereocenters. The first-order valence-corrected chi connectivity index (χ1v) is 8.76. The van der Waals surface area contributed by atoms with Crippen molar-refractivity contribution >= 4 is 27.5 Å². The molecule has 110 valence electrons. The number of hydrogen-bond acceptors (Lipinski definition) is 1. The topological polar surface area (TPSA) is 12.0 Å². The van der Waals surface area contributed by atoms with E-state index in [4.69, 9.17) is 11.6 Å². The van der Waals surface area contributed by atoms with Gasteiger partial charge in [0.1, 0.15) is 0 Å². The fraction of sp³-hybridized carbons (Fsp3) is 0.529. The zero-order chi connectivity index (χ0) is 14.4. The molecule has 0 radical (unpaired) electrons. The van der Waals surface area contributed by atoms with Crippen molar-refractivity contribution in [1.82, 2.24) is 5.32 Å². The summed E-state index contributed by atoms with van der Waals surface area (Å²) in [6.45, 7) is 3.24. The highest BCUT2D eigenvalue weighted by atomic mass is 79.9. The molecule has 0 spiro atoms. The smallest absolute Gasteiger partial charge is 0.0547 e. The Hall–Kier alpha value is -0.310. The zero-order valence-corrected chi connectivity index (χ0v) is 14.4. The molecule has 0 saturated carbocycles. The summed E-state index contributed by atoms with van der Waals surface area (Å²) >= 11 is 9.88. The molecule has 1 N–H and O–H groups in total. The van der Waals surface area contributed by atoms with Crippen LogP contribution in [0.2, 0.25) is 5.02 Å². The van der Waals surface area contributed by atoms with Gasteiger partial charge < -0.3 is 5.32 Å². The molecule has 3 heteroatoms. The molecule has 2 rings (SSSR count). The third-order valence-electron chi connectivity index (χ3n) is 3.81. The summed E-state index contributed by atoms with van der Waals surface area (Å²) in [6, 6.07) is 6.37. The monoisotopic (exact) mass is 355 g/mol. The first kappa shape index (κ1) is 16.1. The van der Waals surface area contributed by atoms with Crippen LogP contribution in [0.5, 0.6) is 0 Å². The summed E-state index contributed by atoms with van der Waals surface area (Å²) in [4.78, 5) is 0. The molecule has 0 heterocycles. The van der Waals surface area contributed by atoms with Gasteiger partial charge in [-0.25, -0.2) is 0 Å². The van der Waals surface area contributed by atoms with Gasteiger partial charge in [-0.15, -0.1) is 0 Å². The maximum absolute atomic E-state index is 6.20. The van der Waals surface area contributed by atoms with Gasteiger partial charge in [0.25, 0.3) is 0 Å². The number of benzene rings is 1. The first-order valence-electron chi connectivity index (χ1n) is 7.59. The van der Waals surface area contributed by atoms with Crippen molar-refractivity contribution in [3.63, 3.8) is 0 Å². The number of halogens is 2. The van der Waals surface area contributed by atoms with E-state index in [1.165, 1.54) is 43.2 Å². The van der Waals surface area contributed by atoms with Crippen molar-refractivity contribution in [2.75, 3.05) is 6.54 Å². The van der Waals surface area contributed by atoms with Crippen molar-refractivity contribution in [3.8, 4) is 0 Å². The third kappa shape index (κ3) is 4.34. The van der Waals surface area contributed by atoms with Crippen LogP contribution in [0.1, 0.15) is 57.1 Å². The van der Waals surface area contributed by atoms with E-state index in [0.717, 1.165) is 22.5 Å². The Kier molecular flexibility index (Phi) is 6.60. The van der Waals surface area contributed by atoms with E-state index in [1.807, 2.05) is 6.07 Å². The highest BCUT2D eigenvalue weighted by molar-refractivity contribution is 9.10. The van der Waals surface area contributed by atoms with Gasteiger partial charge in [0, 0.05) is 9.50 Å². The van der Waals surface area contributed by atoms with Crippen molar-refractivity contribution in [1.29, 1.82) is 0 Å². The molecular weight excluding hydrogens is 334 g/mol. The normalized spacial score (nSPS) is 17.4. The van der Waals surface area contributed by atoms with Crippen LogP contribution in [0, 0.1) is 0 Å². The average molecular weight is 357 g/mol. The highest BCUT2D eigenvalue weighted by Gasteiger charge is 2.19. The van der Waals surface area contributed by atoms with E-state index in [-0.39, 0.29) is 0 Å². The predicted octanol–water partition coefficient (Wildman–Crippen LogP) is 6.03. The molecule has 1 unspecified atom stereocenters. The fourth-order valence-electron chi connectivity index (χ4n) is 2.77. The van der Waals surface area contributed by atoms with Crippen LogP contribution in [-0.2, 0) is 0 Å². The Morgan fingerprint density at radius 3 is 2.95 bits per heavy atom. The van der Waals surface area contributed by atoms with Crippen LogP contribution in [0.15, 0.2) is 34.3 Å². The van der Waals surface area contributed by atoms with Gasteiger partial charge in [0.2, 0.25) is 0 Å². The lowest BCUT2D eigenvalue weighted by atomic mass is 9.95. The molecule has 0 fully saturated rings. The maximum Gasteiger partial charge on any atom is 0.0547 e. The van der Waals surface area contributed by atoms with Crippen molar-refractivity contribution in [2.45, 2.75) is 51.5 Å². The van der Waals surface area contributed by atoms with Gasteiger partial charge in [-0.3, -0.25) is 0 Å². The van der Waals surface area contributed by atoms with Gasteiger partial charge in [0.05, 0.1) is 6.04 Å². The molecule has 0 bridgehead atoms. The molecule has 0 aromatic heterocycles. The summed E-state index contributed by atoms with van der Waals surface area (Å²) in [5, 5.41) is 4.50. The van der Waals surface area contributed by atoms with Crippen molar-refractivity contribution < 1.29 is 0 Å². The molecule has 1 aromatic carbocycles. The van der Waals surface area contributed by atoms with Crippen LogP contribution < -0.4 is 5.32 Å². The van der Waals surface area contributed by atoms with Gasteiger partial charge in [-0.1, -0.05) is 52.5 Å². The number of nitrogens with one attached hydrogen (secondary N) is 1. The minimum atomic E-state index is 0.293. The molecule has 20 heavy (non-hydrogen) atoms. The zero-order valence-electron chi connectivity index (χ0n) is 12.1. The number of allylic oxidation sites excluding steroid dienone is 1. The summed E-state index contributed by atoms with van der Waals surface area (Å²) < 4.78 is 1.14. The summed E-state index contributed by atoms with van der Waals surface area (Å²) in [5.41, 5.74) is 2.79. The molecule has 0 amide bonds. The molecule has 1 aliphatic rings. The molecule has 0 aliphatic heterocycles. The van der Waals surface area contributed by atoms with Gasteiger partial charge >= 0.3 is 0 Å². The minimum Gasteiger partial charge on any atom is -0.306 e. The number of rotatable bonds is 5. The predicted molar refractivity (Wildman–Crippen MR) is 91.4 cm³/mol. The molecule has 1 aliphatic carbocycles. The van der Waals surface area contributed by atoms with E-state index in [1.54, 1.807) is 0 Å². The average Bonchev–Trinajstić information content (AvgIpc) is 2.72. The SMILES string of the molecule is CCCNC(C1=CCCCCC1)c1cc(Cl)ccc1Br. The second-order valence-electron chi connectivity index (χ2n) is 5.43. The lowest BCUT2D eigenvalue weighted by molar-refractivity contribution is 0.565. The maximum atomic E-state index is 6.20. The van der Waals surface area contributed by atoms with Crippen LogP contribution in [-0.4, -0.2) is 6.54 Å².